The molecule has 0 heterocycles. The highest BCUT2D eigenvalue weighted by Crippen LogP contribution is 2.48. The van der Waals surface area contributed by atoms with Crippen LogP contribution >= 0.6 is 0 Å². The van der Waals surface area contributed by atoms with Crippen molar-refractivity contribution in [3.63, 3.8) is 0 Å². The summed E-state index contributed by atoms with van der Waals surface area (Å²) in [5.74, 6) is 1.81. The standard InChI is InChI=1S/C22H19NO2/c24-22(19-15-18(19)16-9-3-1-4-10-16)23-20-13-7-8-14-21(20)25-17-11-5-2-6-12-17/h1-14,18-19H,15H2,(H,23,24)/t18-,19-/m0/s1. The quantitative estimate of drug-likeness (QED) is 0.697. The molecule has 0 saturated heterocycles. The third kappa shape index (κ3) is 3.56. The van der Waals surface area contributed by atoms with E-state index in [1.807, 2.05) is 72.8 Å². The van der Waals surface area contributed by atoms with Gasteiger partial charge < -0.3 is 10.1 Å². The molecule has 3 aromatic rings. The van der Waals surface area contributed by atoms with Gasteiger partial charge in [-0.25, -0.2) is 0 Å². The molecule has 25 heavy (non-hydrogen) atoms. The van der Waals surface area contributed by atoms with Crippen molar-refractivity contribution in [3.8, 4) is 11.5 Å². The average Bonchev–Trinajstić information content (AvgIpc) is 3.46. The maximum atomic E-state index is 12.6. The molecule has 1 aliphatic carbocycles. The number of benzene rings is 3. The lowest BCUT2D eigenvalue weighted by molar-refractivity contribution is -0.117. The molecule has 2 atom stereocenters. The van der Waals surface area contributed by atoms with Gasteiger partial charge in [-0.15, -0.1) is 0 Å². The lowest BCUT2D eigenvalue weighted by atomic mass is 10.1. The lowest BCUT2D eigenvalue weighted by Crippen LogP contribution is -2.15. The molecule has 124 valence electrons. The van der Waals surface area contributed by atoms with Crippen LogP contribution in [0.5, 0.6) is 11.5 Å². The number of amides is 1. The van der Waals surface area contributed by atoms with Gasteiger partial charge in [-0.2, -0.15) is 0 Å². The van der Waals surface area contributed by atoms with Crippen molar-refractivity contribution in [1.29, 1.82) is 0 Å². The topological polar surface area (TPSA) is 38.3 Å². The number of carbonyl (C=O) groups is 1. The normalized spacial score (nSPS) is 18.4. The van der Waals surface area contributed by atoms with E-state index in [0.29, 0.717) is 17.4 Å². The van der Waals surface area contributed by atoms with Gasteiger partial charge in [0.1, 0.15) is 5.75 Å². The van der Waals surface area contributed by atoms with Gasteiger partial charge in [0.15, 0.2) is 5.75 Å². The number of anilines is 1. The van der Waals surface area contributed by atoms with Crippen LogP contribution in [0, 0.1) is 5.92 Å². The smallest absolute Gasteiger partial charge is 0.228 e. The molecule has 0 aliphatic heterocycles. The van der Waals surface area contributed by atoms with E-state index in [0.717, 1.165) is 12.2 Å². The van der Waals surface area contributed by atoms with Gasteiger partial charge in [-0.1, -0.05) is 60.7 Å². The predicted molar refractivity (Wildman–Crippen MR) is 98.9 cm³/mol. The zero-order valence-electron chi connectivity index (χ0n) is 13.8. The second-order valence-electron chi connectivity index (χ2n) is 6.26. The summed E-state index contributed by atoms with van der Waals surface area (Å²) >= 11 is 0. The molecule has 1 N–H and O–H groups in total. The average molecular weight is 329 g/mol. The number of nitrogens with one attached hydrogen (secondary N) is 1. The van der Waals surface area contributed by atoms with Gasteiger partial charge in [0, 0.05) is 5.92 Å². The Bertz CT molecular complexity index is 861. The molecular formula is C22H19NO2. The van der Waals surface area contributed by atoms with E-state index in [2.05, 4.69) is 17.4 Å². The molecule has 3 heteroatoms. The van der Waals surface area contributed by atoms with Crippen LogP contribution < -0.4 is 10.1 Å². The third-order valence-electron chi connectivity index (χ3n) is 4.47. The zero-order chi connectivity index (χ0) is 17.1. The molecule has 0 aromatic heterocycles. The number of ether oxygens (including phenoxy) is 1. The van der Waals surface area contributed by atoms with Gasteiger partial charge in [0.2, 0.25) is 5.91 Å². The Balaban J connectivity index is 1.46. The highest BCUT2D eigenvalue weighted by molar-refractivity contribution is 5.96. The van der Waals surface area contributed by atoms with Crippen molar-refractivity contribution in [2.45, 2.75) is 12.3 Å². The van der Waals surface area contributed by atoms with E-state index in [9.17, 15) is 4.79 Å². The summed E-state index contributed by atoms with van der Waals surface area (Å²) in [6, 6.07) is 27.3. The summed E-state index contributed by atoms with van der Waals surface area (Å²) < 4.78 is 5.91. The second kappa shape index (κ2) is 6.81. The highest BCUT2D eigenvalue weighted by atomic mass is 16.5. The molecule has 4 rings (SSSR count). The minimum absolute atomic E-state index is 0.0344. The lowest BCUT2D eigenvalue weighted by Gasteiger charge is -2.12. The van der Waals surface area contributed by atoms with Gasteiger partial charge >= 0.3 is 0 Å². The molecule has 1 aliphatic rings. The van der Waals surface area contributed by atoms with E-state index < -0.39 is 0 Å². The van der Waals surface area contributed by atoms with Crippen LogP contribution in [0.3, 0.4) is 0 Å². The zero-order valence-corrected chi connectivity index (χ0v) is 13.8. The first-order chi connectivity index (χ1) is 12.3. The summed E-state index contributed by atoms with van der Waals surface area (Å²) in [7, 11) is 0. The van der Waals surface area contributed by atoms with Gasteiger partial charge in [-0.3, -0.25) is 4.79 Å². The van der Waals surface area contributed by atoms with E-state index in [-0.39, 0.29) is 11.8 Å². The SMILES string of the molecule is O=C(Nc1ccccc1Oc1ccccc1)[C@H]1C[C@H]1c1ccccc1. The monoisotopic (exact) mass is 329 g/mol. The van der Waals surface area contributed by atoms with Crippen molar-refractivity contribution in [2.75, 3.05) is 5.32 Å². The van der Waals surface area contributed by atoms with Crippen LogP contribution in [0.4, 0.5) is 5.69 Å². The van der Waals surface area contributed by atoms with E-state index in [4.69, 9.17) is 4.74 Å². The van der Waals surface area contributed by atoms with Crippen molar-refractivity contribution in [3.05, 3.63) is 90.5 Å². The van der Waals surface area contributed by atoms with Crippen molar-refractivity contribution < 1.29 is 9.53 Å². The Hall–Kier alpha value is -3.07. The minimum atomic E-state index is 0.0344. The number of para-hydroxylation sites is 3. The fraction of sp³-hybridized carbons (Fsp3) is 0.136. The third-order valence-corrected chi connectivity index (χ3v) is 4.47. The maximum absolute atomic E-state index is 12.6. The highest BCUT2D eigenvalue weighted by Gasteiger charge is 2.43. The van der Waals surface area contributed by atoms with Gasteiger partial charge in [-0.05, 0) is 42.2 Å². The molecule has 1 saturated carbocycles. The van der Waals surface area contributed by atoms with Crippen molar-refractivity contribution >= 4 is 11.6 Å². The molecule has 3 nitrogen and oxygen atoms in total. The summed E-state index contributed by atoms with van der Waals surface area (Å²) in [6.07, 6.45) is 0.900. The summed E-state index contributed by atoms with van der Waals surface area (Å²) in [5, 5.41) is 3.03. The Morgan fingerprint density at radius 2 is 1.48 bits per heavy atom. The first-order valence-corrected chi connectivity index (χ1v) is 8.49. The predicted octanol–water partition coefficient (Wildman–Crippen LogP) is 5.22. The number of rotatable bonds is 5. The first-order valence-electron chi connectivity index (χ1n) is 8.49. The molecule has 3 aromatic carbocycles. The summed E-state index contributed by atoms with van der Waals surface area (Å²) in [6.45, 7) is 0. The number of hydrogen-bond acceptors (Lipinski definition) is 2. The second-order valence-corrected chi connectivity index (χ2v) is 6.26. The van der Waals surface area contributed by atoms with Crippen molar-refractivity contribution in [2.24, 2.45) is 5.92 Å². The van der Waals surface area contributed by atoms with Gasteiger partial charge in [0.05, 0.1) is 5.69 Å². The fourth-order valence-electron chi connectivity index (χ4n) is 3.05. The van der Waals surface area contributed by atoms with Crippen molar-refractivity contribution in [1.82, 2.24) is 0 Å². The fourth-order valence-corrected chi connectivity index (χ4v) is 3.05. The Labute approximate surface area is 147 Å². The summed E-state index contributed by atoms with van der Waals surface area (Å²) in [5.41, 5.74) is 1.94. The molecule has 0 unspecified atom stereocenters. The minimum Gasteiger partial charge on any atom is -0.455 e. The Morgan fingerprint density at radius 3 is 2.24 bits per heavy atom. The van der Waals surface area contributed by atoms with E-state index >= 15 is 0 Å². The molecular weight excluding hydrogens is 310 g/mol. The number of hydrogen-bond donors (Lipinski definition) is 1. The number of carbonyl (C=O) groups excluding carboxylic acids is 1. The molecule has 0 bridgehead atoms. The Morgan fingerprint density at radius 1 is 0.840 bits per heavy atom. The van der Waals surface area contributed by atoms with Gasteiger partial charge in [0.25, 0.3) is 0 Å². The molecule has 1 fully saturated rings. The Kier molecular flexibility index (Phi) is 4.21. The van der Waals surface area contributed by atoms with Crippen LogP contribution in [0.1, 0.15) is 17.9 Å². The molecule has 0 radical (unpaired) electrons. The van der Waals surface area contributed by atoms with Crippen LogP contribution in [0.2, 0.25) is 0 Å². The van der Waals surface area contributed by atoms with Crippen LogP contribution in [0.25, 0.3) is 0 Å². The largest absolute Gasteiger partial charge is 0.455 e. The maximum Gasteiger partial charge on any atom is 0.228 e. The van der Waals surface area contributed by atoms with Crippen LogP contribution in [-0.2, 0) is 4.79 Å². The van der Waals surface area contributed by atoms with Crippen LogP contribution in [-0.4, -0.2) is 5.91 Å². The first kappa shape index (κ1) is 15.5. The van der Waals surface area contributed by atoms with E-state index in [1.165, 1.54) is 5.56 Å². The van der Waals surface area contributed by atoms with Crippen LogP contribution in [0.15, 0.2) is 84.9 Å². The summed E-state index contributed by atoms with van der Waals surface area (Å²) in [4.78, 5) is 12.6. The molecule has 0 spiro atoms. The molecule has 1 amide bonds. The van der Waals surface area contributed by atoms with E-state index in [1.54, 1.807) is 0 Å².